The fourth-order valence-corrected chi connectivity index (χ4v) is 1.98. The largest absolute Gasteiger partial charge is 0.159 e. The van der Waals surface area contributed by atoms with Gasteiger partial charge in [-0.1, -0.05) is 19.3 Å². The molecule has 0 N–H and O–H groups in total. The van der Waals surface area contributed by atoms with Gasteiger partial charge in [-0.25, -0.2) is 0 Å². The lowest BCUT2D eigenvalue weighted by Gasteiger charge is -2.20. The molecule has 0 bridgehead atoms. The van der Waals surface area contributed by atoms with Crippen LogP contribution >= 0.6 is 0 Å². The zero-order valence-corrected chi connectivity index (χ0v) is 7.24. The van der Waals surface area contributed by atoms with E-state index in [1.165, 1.54) is 37.7 Å². The molecule has 0 unspecified atom stereocenters. The first kappa shape index (κ1) is 7.71. The van der Waals surface area contributed by atoms with Crippen LogP contribution in [0.5, 0.6) is 0 Å². The van der Waals surface area contributed by atoms with Gasteiger partial charge in [0, 0.05) is 6.20 Å². The quantitative estimate of drug-likeness (QED) is 0.634. The Morgan fingerprint density at radius 1 is 1.08 bits per heavy atom. The summed E-state index contributed by atoms with van der Waals surface area (Å²) in [5, 5.41) is 7.70. The molecule has 1 fully saturated rings. The van der Waals surface area contributed by atoms with Crippen LogP contribution in [0, 0.1) is 0 Å². The number of hydrogen-bond acceptors (Lipinski definition) is 2. The van der Waals surface area contributed by atoms with Crippen LogP contribution in [0.3, 0.4) is 0 Å². The van der Waals surface area contributed by atoms with Gasteiger partial charge in [0.05, 0.1) is 6.20 Å². The lowest BCUT2D eigenvalue weighted by Crippen LogP contribution is -2.04. The molecule has 0 atom stereocenters. The summed E-state index contributed by atoms with van der Waals surface area (Å²) in [7, 11) is 0. The van der Waals surface area contributed by atoms with Crippen molar-refractivity contribution in [2.45, 2.75) is 38.0 Å². The third-order valence-corrected chi connectivity index (χ3v) is 2.68. The maximum Gasteiger partial charge on any atom is 0.0531 e. The van der Waals surface area contributed by atoms with Crippen LogP contribution in [-0.4, -0.2) is 10.2 Å². The van der Waals surface area contributed by atoms with E-state index in [2.05, 4.69) is 16.3 Å². The third kappa shape index (κ3) is 1.63. The van der Waals surface area contributed by atoms with Crippen LogP contribution in [0.4, 0.5) is 0 Å². The van der Waals surface area contributed by atoms with Gasteiger partial charge in [-0.15, -0.1) is 0 Å². The van der Waals surface area contributed by atoms with Gasteiger partial charge >= 0.3 is 0 Å². The molecule has 1 aliphatic rings. The van der Waals surface area contributed by atoms with Crippen LogP contribution in [0.15, 0.2) is 18.5 Å². The van der Waals surface area contributed by atoms with Crippen molar-refractivity contribution in [1.29, 1.82) is 0 Å². The molecule has 0 amide bonds. The maximum atomic E-state index is 3.91. The molecule has 0 aromatic carbocycles. The Morgan fingerprint density at radius 2 is 1.92 bits per heavy atom. The van der Waals surface area contributed by atoms with E-state index in [9.17, 15) is 0 Å². The van der Waals surface area contributed by atoms with Crippen molar-refractivity contribution >= 4 is 0 Å². The summed E-state index contributed by atoms with van der Waals surface area (Å²) in [4.78, 5) is 0. The average Bonchev–Trinajstić information content (AvgIpc) is 2.21. The highest BCUT2D eigenvalue weighted by atomic mass is 15.1. The molecule has 12 heavy (non-hydrogen) atoms. The summed E-state index contributed by atoms with van der Waals surface area (Å²) in [6, 6.07) is 2.10. The van der Waals surface area contributed by atoms with Gasteiger partial charge in [0.25, 0.3) is 0 Å². The van der Waals surface area contributed by atoms with E-state index in [0.717, 1.165) is 5.92 Å². The first-order valence-electron chi connectivity index (χ1n) is 4.73. The van der Waals surface area contributed by atoms with Crippen molar-refractivity contribution < 1.29 is 0 Å². The van der Waals surface area contributed by atoms with Crippen LogP contribution in [0.1, 0.15) is 43.6 Å². The number of nitrogens with zero attached hydrogens (tertiary/aromatic N) is 2. The Balaban J connectivity index is 2.08. The minimum absolute atomic E-state index is 0.759. The lowest BCUT2D eigenvalue weighted by atomic mass is 9.85. The van der Waals surface area contributed by atoms with E-state index < -0.39 is 0 Å². The molecule has 2 rings (SSSR count). The van der Waals surface area contributed by atoms with Crippen molar-refractivity contribution in [2.75, 3.05) is 0 Å². The van der Waals surface area contributed by atoms with E-state index in [1.54, 1.807) is 6.20 Å². The molecule has 0 saturated heterocycles. The maximum absolute atomic E-state index is 3.91. The summed E-state index contributed by atoms with van der Waals surface area (Å²) in [6.07, 6.45) is 10.6. The second-order valence-electron chi connectivity index (χ2n) is 3.51. The van der Waals surface area contributed by atoms with E-state index in [1.807, 2.05) is 6.20 Å². The highest BCUT2D eigenvalue weighted by Gasteiger charge is 2.14. The average molecular weight is 162 g/mol. The van der Waals surface area contributed by atoms with Crippen molar-refractivity contribution in [1.82, 2.24) is 10.2 Å². The molecule has 64 valence electrons. The Morgan fingerprint density at radius 3 is 2.58 bits per heavy atom. The van der Waals surface area contributed by atoms with Gasteiger partial charge in [0.2, 0.25) is 0 Å². The fourth-order valence-electron chi connectivity index (χ4n) is 1.98. The Kier molecular flexibility index (Phi) is 2.35. The first-order valence-corrected chi connectivity index (χ1v) is 4.73. The SMILES string of the molecule is c1cc(C2CCCCC2)cnn1. The fraction of sp³-hybridized carbons (Fsp3) is 0.600. The van der Waals surface area contributed by atoms with E-state index in [4.69, 9.17) is 0 Å². The van der Waals surface area contributed by atoms with Crippen molar-refractivity contribution in [3.63, 3.8) is 0 Å². The van der Waals surface area contributed by atoms with Crippen molar-refractivity contribution in [2.24, 2.45) is 0 Å². The Bertz CT molecular complexity index is 227. The molecule has 1 aliphatic carbocycles. The number of rotatable bonds is 1. The molecule has 1 saturated carbocycles. The summed E-state index contributed by atoms with van der Waals surface area (Å²) in [5.74, 6) is 0.759. The molecule has 0 spiro atoms. The summed E-state index contributed by atoms with van der Waals surface area (Å²) in [6.45, 7) is 0. The zero-order valence-electron chi connectivity index (χ0n) is 7.24. The molecule has 2 nitrogen and oxygen atoms in total. The topological polar surface area (TPSA) is 25.8 Å². The van der Waals surface area contributed by atoms with Crippen LogP contribution in [0.2, 0.25) is 0 Å². The highest BCUT2D eigenvalue weighted by molar-refractivity contribution is 5.12. The Hall–Kier alpha value is -0.920. The minimum Gasteiger partial charge on any atom is -0.159 e. The smallest absolute Gasteiger partial charge is 0.0531 e. The summed E-state index contributed by atoms with van der Waals surface area (Å²) in [5.41, 5.74) is 1.38. The Labute approximate surface area is 73.0 Å². The van der Waals surface area contributed by atoms with E-state index >= 15 is 0 Å². The minimum atomic E-state index is 0.759. The lowest BCUT2D eigenvalue weighted by molar-refractivity contribution is 0.442. The second-order valence-corrected chi connectivity index (χ2v) is 3.51. The molecular formula is C10H14N2. The van der Waals surface area contributed by atoms with Crippen LogP contribution in [0.25, 0.3) is 0 Å². The van der Waals surface area contributed by atoms with Crippen LogP contribution in [-0.2, 0) is 0 Å². The molecule has 1 aromatic heterocycles. The van der Waals surface area contributed by atoms with Gasteiger partial charge < -0.3 is 0 Å². The van der Waals surface area contributed by atoms with Crippen LogP contribution < -0.4 is 0 Å². The predicted octanol–water partition coefficient (Wildman–Crippen LogP) is 2.52. The highest BCUT2D eigenvalue weighted by Crippen LogP contribution is 2.31. The monoisotopic (exact) mass is 162 g/mol. The molecule has 2 heteroatoms. The second kappa shape index (κ2) is 3.65. The normalized spacial score (nSPS) is 19.3. The van der Waals surface area contributed by atoms with E-state index in [0.29, 0.717) is 0 Å². The summed E-state index contributed by atoms with van der Waals surface area (Å²) < 4.78 is 0. The number of aromatic nitrogens is 2. The van der Waals surface area contributed by atoms with Gasteiger partial charge in [0.15, 0.2) is 0 Å². The zero-order chi connectivity index (χ0) is 8.23. The van der Waals surface area contributed by atoms with E-state index in [-0.39, 0.29) is 0 Å². The molecule has 1 heterocycles. The van der Waals surface area contributed by atoms with Crippen molar-refractivity contribution in [3.8, 4) is 0 Å². The molecular weight excluding hydrogens is 148 g/mol. The molecule has 0 aliphatic heterocycles. The van der Waals surface area contributed by atoms with Gasteiger partial charge in [-0.3, -0.25) is 0 Å². The first-order chi connectivity index (χ1) is 5.97. The molecule has 1 aromatic rings. The molecule has 0 radical (unpaired) electrons. The van der Waals surface area contributed by atoms with Gasteiger partial charge in [-0.05, 0) is 30.4 Å². The van der Waals surface area contributed by atoms with Gasteiger partial charge in [-0.2, -0.15) is 10.2 Å². The third-order valence-electron chi connectivity index (χ3n) is 2.68. The number of hydrogen-bond donors (Lipinski definition) is 0. The van der Waals surface area contributed by atoms with Gasteiger partial charge in [0.1, 0.15) is 0 Å². The predicted molar refractivity (Wildman–Crippen MR) is 47.9 cm³/mol. The van der Waals surface area contributed by atoms with Crippen molar-refractivity contribution in [3.05, 3.63) is 24.0 Å². The summed E-state index contributed by atoms with van der Waals surface area (Å²) >= 11 is 0. The standard InChI is InChI=1S/C10H14N2/c1-2-4-9(5-3-1)10-6-7-11-12-8-10/h6-9H,1-5H2.